The van der Waals surface area contributed by atoms with Crippen molar-refractivity contribution in [3.8, 4) is 0 Å². The molecule has 1 aromatic heterocycles. The number of aliphatic hydroxyl groups is 3. The average Bonchev–Trinajstić information content (AvgIpc) is 3.35. The molecule has 5 rings (SSSR count). The van der Waals surface area contributed by atoms with Gasteiger partial charge in [0.2, 0.25) is 5.43 Å². The summed E-state index contributed by atoms with van der Waals surface area (Å²) in [6, 6.07) is 5.02. The Labute approximate surface area is 428 Å². The number of hydrogen-bond acceptors (Lipinski definition) is 19. The standard InChI is InChI=1S/C52H82N4O17/c1-14-38-52(8,65)46(61)41(58)27(2)25-51(7,67-13)47(73-50-43(60)36(55(10)11)22-28(3)68-50)29(4)44(30(5)49(64)70-38)72-40-24-37(66-12)45(31(6)69-40)71-39(57)19-21-54-20-15-16-32-17-18-35-33(23-32)42(59)34(48(62)63)26-56(35)53-9/h17-18,23,26-31,36-38,40,43-47,50,53-54,60-61,65H,14-16,19-22,24-25H2,1-13H3,(H,62,63)/t27-,28-,29+,30-,31+,36+,37-,38-,40+,43-,44+,45+,46-,47-,50+,51-,52-/m1/s1. The Hall–Kier alpha value is -4.13. The molecule has 73 heavy (non-hydrogen) atoms. The summed E-state index contributed by atoms with van der Waals surface area (Å²) < 4.78 is 51.9. The van der Waals surface area contributed by atoms with E-state index in [1.807, 2.05) is 32.0 Å². The summed E-state index contributed by atoms with van der Waals surface area (Å²) >= 11 is 0. The first-order chi connectivity index (χ1) is 34.3. The maximum atomic E-state index is 14.4. The summed E-state index contributed by atoms with van der Waals surface area (Å²) in [6.07, 6.45) is -8.10. The third kappa shape index (κ3) is 13.8. The zero-order valence-electron chi connectivity index (χ0n) is 44.8. The van der Waals surface area contributed by atoms with Crippen LogP contribution in [0.3, 0.4) is 0 Å². The van der Waals surface area contributed by atoms with Gasteiger partial charge >= 0.3 is 17.9 Å². The zero-order chi connectivity index (χ0) is 54.3. The summed E-state index contributed by atoms with van der Waals surface area (Å²) in [6.45, 7) is 14.2. The highest BCUT2D eigenvalue weighted by atomic mass is 16.7. The largest absolute Gasteiger partial charge is 0.477 e. The zero-order valence-corrected chi connectivity index (χ0v) is 44.8. The fourth-order valence-electron chi connectivity index (χ4n) is 10.7. The molecule has 0 bridgehead atoms. The van der Waals surface area contributed by atoms with Crippen LogP contribution in [0.2, 0.25) is 0 Å². The maximum Gasteiger partial charge on any atom is 0.341 e. The molecule has 0 unspecified atom stereocenters. The highest BCUT2D eigenvalue weighted by Crippen LogP contribution is 2.41. The van der Waals surface area contributed by atoms with Crippen molar-refractivity contribution in [2.75, 3.05) is 53.9 Å². The number of hydrogen-bond donors (Lipinski definition) is 6. The van der Waals surface area contributed by atoms with Gasteiger partial charge in [-0.25, -0.2) is 4.79 Å². The molecule has 0 aliphatic carbocycles. The number of carbonyl (C=O) groups is 4. The van der Waals surface area contributed by atoms with Gasteiger partial charge in [-0.1, -0.05) is 26.8 Å². The number of methoxy groups -OCH3 is 2. The highest BCUT2D eigenvalue weighted by Gasteiger charge is 2.54. The second-order valence-corrected chi connectivity index (χ2v) is 20.8. The Bertz CT molecular complexity index is 2260. The molecule has 3 saturated heterocycles. The molecule has 4 heterocycles. The van der Waals surface area contributed by atoms with Gasteiger partial charge in [-0.15, -0.1) is 0 Å². The lowest BCUT2D eigenvalue weighted by Gasteiger charge is -2.48. The van der Waals surface area contributed by atoms with Gasteiger partial charge in [-0.2, -0.15) is 0 Å². The molecular formula is C52H82N4O17. The fourth-order valence-corrected chi connectivity index (χ4v) is 10.7. The number of benzene rings is 1. The molecule has 3 aliphatic rings. The molecule has 0 radical (unpaired) electrons. The number of fused-ring (bicyclic) bond motifs is 1. The number of carboxylic acids is 1. The van der Waals surface area contributed by atoms with Crippen LogP contribution in [0.1, 0.15) is 110 Å². The number of aliphatic hydroxyl groups excluding tert-OH is 2. The molecular weight excluding hydrogens is 953 g/mol. The Balaban J connectivity index is 1.31. The molecule has 3 aliphatic heterocycles. The van der Waals surface area contributed by atoms with Gasteiger partial charge in [0.1, 0.15) is 35.6 Å². The number of nitrogens with one attached hydrogen (secondary N) is 2. The van der Waals surface area contributed by atoms with Crippen molar-refractivity contribution >= 4 is 34.6 Å². The number of nitrogens with zero attached hydrogens (tertiary/aromatic N) is 2. The van der Waals surface area contributed by atoms with E-state index in [1.165, 1.54) is 32.0 Å². The van der Waals surface area contributed by atoms with Crippen molar-refractivity contribution in [3.05, 3.63) is 45.7 Å². The van der Waals surface area contributed by atoms with Crippen LogP contribution in [0.15, 0.2) is 29.2 Å². The molecule has 412 valence electrons. The number of aryl methyl sites for hydroxylation is 1. The van der Waals surface area contributed by atoms with Gasteiger partial charge in [0.15, 0.2) is 24.5 Å². The lowest BCUT2D eigenvalue weighted by atomic mass is 9.75. The van der Waals surface area contributed by atoms with E-state index in [4.69, 9.17) is 37.9 Å². The summed E-state index contributed by atoms with van der Waals surface area (Å²) in [5.41, 5.74) is -0.134. The second kappa shape index (κ2) is 25.6. The summed E-state index contributed by atoms with van der Waals surface area (Å²) in [5, 5.41) is 47.9. The molecule has 0 spiro atoms. The van der Waals surface area contributed by atoms with E-state index in [0.717, 1.165) is 5.56 Å². The summed E-state index contributed by atoms with van der Waals surface area (Å²) in [4.78, 5) is 68.1. The lowest BCUT2D eigenvalue weighted by Crippen LogP contribution is -2.60. The summed E-state index contributed by atoms with van der Waals surface area (Å²) in [7, 11) is 8.28. The number of aromatic nitrogens is 1. The number of aromatic carboxylic acids is 1. The molecule has 21 nitrogen and oxygen atoms in total. The van der Waals surface area contributed by atoms with Crippen LogP contribution in [-0.4, -0.2) is 187 Å². The highest BCUT2D eigenvalue weighted by molar-refractivity contribution is 5.93. The van der Waals surface area contributed by atoms with E-state index in [1.54, 1.807) is 60.7 Å². The quantitative estimate of drug-likeness (QED) is 0.0925. The lowest BCUT2D eigenvalue weighted by molar-refractivity contribution is -0.313. The van der Waals surface area contributed by atoms with Crippen LogP contribution < -0.4 is 16.2 Å². The third-order valence-corrected chi connectivity index (χ3v) is 15.2. The minimum Gasteiger partial charge on any atom is -0.477 e. The maximum absolute atomic E-state index is 14.4. The number of carbonyl (C=O) groups excluding carboxylic acids is 3. The van der Waals surface area contributed by atoms with Gasteiger partial charge in [-0.3, -0.25) is 23.9 Å². The average molecular weight is 1040 g/mol. The first-order valence-electron chi connectivity index (χ1n) is 25.5. The van der Waals surface area contributed by atoms with E-state index in [0.29, 0.717) is 43.3 Å². The van der Waals surface area contributed by atoms with Gasteiger partial charge in [-0.05, 0) is 105 Å². The molecule has 17 atom stereocenters. The van der Waals surface area contributed by atoms with Gasteiger partial charge < -0.3 is 74.0 Å². The number of likely N-dealkylation sites (N-methyl/N-ethyl adjacent to an activating group) is 1. The normalized spacial score (nSPS) is 35.9. The van der Waals surface area contributed by atoms with Crippen molar-refractivity contribution in [1.82, 2.24) is 14.9 Å². The molecule has 0 saturated carbocycles. The van der Waals surface area contributed by atoms with Crippen LogP contribution in [0.5, 0.6) is 0 Å². The number of ketones is 1. The van der Waals surface area contributed by atoms with E-state index in [-0.39, 0.29) is 43.4 Å². The minimum atomic E-state index is -2.17. The van der Waals surface area contributed by atoms with Crippen molar-refractivity contribution in [2.24, 2.45) is 17.8 Å². The van der Waals surface area contributed by atoms with Gasteiger partial charge in [0.05, 0.1) is 47.9 Å². The monoisotopic (exact) mass is 1030 g/mol. The predicted molar refractivity (Wildman–Crippen MR) is 267 cm³/mol. The number of carboxylic acid groups (broad SMARTS) is 1. The van der Waals surface area contributed by atoms with E-state index in [9.17, 15) is 44.4 Å². The molecule has 0 amide bonds. The van der Waals surface area contributed by atoms with Crippen molar-refractivity contribution in [3.63, 3.8) is 0 Å². The Kier molecular flexibility index (Phi) is 21.0. The first kappa shape index (κ1) is 59.7. The van der Waals surface area contributed by atoms with Crippen molar-refractivity contribution in [2.45, 2.75) is 185 Å². The van der Waals surface area contributed by atoms with E-state index < -0.39 is 119 Å². The molecule has 21 heteroatoms. The van der Waals surface area contributed by atoms with E-state index in [2.05, 4.69) is 10.7 Å². The number of Topliss-reactive ketones (excluding diaryl/α,β-unsaturated/α-hetero) is 1. The van der Waals surface area contributed by atoms with Crippen LogP contribution in [0, 0.1) is 17.8 Å². The number of cyclic esters (lactones) is 1. The molecule has 3 fully saturated rings. The van der Waals surface area contributed by atoms with Gasteiger partial charge in [0, 0.05) is 63.7 Å². The summed E-state index contributed by atoms with van der Waals surface area (Å²) in [5.74, 6) is -6.09. The molecule has 1 aromatic carbocycles. The first-order valence-corrected chi connectivity index (χ1v) is 25.5. The Morgan fingerprint density at radius 3 is 2.29 bits per heavy atom. The number of rotatable bonds is 18. The second-order valence-electron chi connectivity index (χ2n) is 20.8. The minimum absolute atomic E-state index is 0.0247. The topological polar surface area (TPSA) is 272 Å². The van der Waals surface area contributed by atoms with Crippen LogP contribution >= 0.6 is 0 Å². The van der Waals surface area contributed by atoms with Crippen LogP contribution in [0.4, 0.5) is 0 Å². The van der Waals surface area contributed by atoms with Crippen LogP contribution in [-0.2, 0) is 58.7 Å². The SMILES string of the molecule is CC[C@H]1OC(=O)[C@H](C)[C@@H](O[C@H]2C[C@@H](OC)[C@@H](OC(=O)CCNCCCc3ccc4c(c3)c(=O)c(C(=O)O)cn4NC)[C@H](C)O2)[C@H](C)[C@@H](O[C@@H]2O[C@H](C)C[C@H](N(C)C)[C@H]2O)[C@](C)(OC)C[C@@H](C)C(=O)[C@@H](O)[C@]1(C)O. The molecule has 2 aromatic rings. The van der Waals surface area contributed by atoms with Gasteiger partial charge in [0.25, 0.3) is 0 Å². The third-order valence-electron chi connectivity index (χ3n) is 15.2. The predicted octanol–water partition coefficient (Wildman–Crippen LogP) is 2.76. The number of esters is 2. The Morgan fingerprint density at radius 2 is 1.67 bits per heavy atom. The number of pyridine rings is 1. The van der Waals surface area contributed by atoms with Crippen molar-refractivity contribution < 1.29 is 77.5 Å². The smallest absolute Gasteiger partial charge is 0.341 e. The molecule has 6 N–H and O–H groups in total. The van der Waals surface area contributed by atoms with Crippen LogP contribution in [0.25, 0.3) is 10.9 Å². The Morgan fingerprint density at radius 1 is 0.973 bits per heavy atom. The van der Waals surface area contributed by atoms with Crippen molar-refractivity contribution in [1.29, 1.82) is 0 Å². The van der Waals surface area contributed by atoms with E-state index >= 15 is 0 Å². The fraction of sp³-hybridized carbons (Fsp3) is 0.750. The number of ether oxygens (including phenoxy) is 8.